The molecule has 0 aliphatic carbocycles. The van der Waals surface area contributed by atoms with Crippen LogP contribution in [0.15, 0.2) is 0 Å². The smallest absolute Gasteiger partial charge is 0.308 e. The first kappa shape index (κ1) is 14.4. The highest BCUT2D eigenvalue weighted by atomic mass is 16.7. The second-order valence-electron chi connectivity index (χ2n) is 3.27. The Kier molecular flexibility index (Phi) is 6.91. The standard InChI is InChI=1S/C10H16O6/c1-7(11)15-8(2)16-10(14)6-4-3-5-9(12)13/h8H,3-6H2,1-2H3,(H,12,13). The number of rotatable bonds is 7. The van der Waals surface area contributed by atoms with E-state index in [0.29, 0.717) is 12.8 Å². The Morgan fingerprint density at radius 2 is 1.69 bits per heavy atom. The van der Waals surface area contributed by atoms with Gasteiger partial charge in [-0.2, -0.15) is 0 Å². The Morgan fingerprint density at radius 1 is 1.12 bits per heavy atom. The van der Waals surface area contributed by atoms with Gasteiger partial charge in [0, 0.05) is 26.7 Å². The molecule has 0 saturated carbocycles. The minimum absolute atomic E-state index is 0.0345. The molecule has 0 bridgehead atoms. The second kappa shape index (κ2) is 7.67. The summed E-state index contributed by atoms with van der Waals surface area (Å²) >= 11 is 0. The molecule has 92 valence electrons. The minimum atomic E-state index is -0.899. The molecule has 0 heterocycles. The lowest BCUT2D eigenvalue weighted by molar-refractivity contribution is -0.183. The topological polar surface area (TPSA) is 89.9 Å². The van der Waals surface area contributed by atoms with Crippen molar-refractivity contribution in [3.05, 3.63) is 0 Å². The van der Waals surface area contributed by atoms with Gasteiger partial charge in [0.05, 0.1) is 0 Å². The quantitative estimate of drug-likeness (QED) is 0.401. The largest absolute Gasteiger partial charge is 0.481 e. The Balaban J connectivity index is 3.58. The number of carboxylic acids is 1. The fraction of sp³-hybridized carbons (Fsp3) is 0.700. The molecule has 6 nitrogen and oxygen atoms in total. The van der Waals surface area contributed by atoms with Crippen LogP contribution in [-0.4, -0.2) is 29.3 Å². The van der Waals surface area contributed by atoms with Crippen LogP contribution in [0, 0.1) is 0 Å². The third-order valence-electron chi connectivity index (χ3n) is 1.65. The fourth-order valence-electron chi connectivity index (χ4n) is 1.05. The number of hydrogen-bond acceptors (Lipinski definition) is 5. The maximum absolute atomic E-state index is 11.1. The number of esters is 2. The summed E-state index contributed by atoms with van der Waals surface area (Å²) in [6.45, 7) is 2.66. The molecule has 0 rings (SSSR count). The van der Waals surface area contributed by atoms with Crippen molar-refractivity contribution in [3.8, 4) is 0 Å². The summed E-state index contributed by atoms with van der Waals surface area (Å²) in [6, 6.07) is 0. The van der Waals surface area contributed by atoms with Gasteiger partial charge >= 0.3 is 17.9 Å². The van der Waals surface area contributed by atoms with Crippen molar-refractivity contribution in [2.75, 3.05) is 0 Å². The molecule has 0 radical (unpaired) electrons. The van der Waals surface area contributed by atoms with Crippen LogP contribution in [0.4, 0.5) is 0 Å². The molecule has 0 aromatic rings. The third kappa shape index (κ3) is 8.98. The summed E-state index contributed by atoms with van der Waals surface area (Å²) in [5.74, 6) is -1.91. The van der Waals surface area contributed by atoms with E-state index in [1.807, 2.05) is 0 Å². The third-order valence-corrected chi connectivity index (χ3v) is 1.65. The van der Waals surface area contributed by atoms with Gasteiger partial charge in [-0.15, -0.1) is 0 Å². The molecule has 6 heteroatoms. The molecule has 1 unspecified atom stereocenters. The molecule has 0 amide bonds. The lowest BCUT2D eigenvalue weighted by Crippen LogP contribution is -2.20. The van der Waals surface area contributed by atoms with E-state index in [2.05, 4.69) is 4.74 Å². The van der Waals surface area contributed by atoms with Crippen LogP contribution in [-0.2, 0) is 23.9 Å². The number of aliphatic carboxylic acids is 1. The summed E-state index contributed by atoms with van der Waals surface area (Å²) in [4.78, 5) is 31.8. The van der Waals surface area contributed by atoms with E-state index in [-0.39, 0.29) is 12.8 Å². The molecule has 0 aliphatic heterocycles. The molecule has 0 fully saturated rings. The van der Waals surface area contributed by atoms with Crippen molar-refractivity contribution in [2.45, 2.75) is 45.8 Å². The Bertz CT molecular complexity index is 260. The molecule has 1 N–H and O–H groups in total. The SMILES string of the molecule is CC(=O)OC(C)OC(=O)CCCCC(=O)O. The highest BCUT2D eigenvalue weighted by Crippen LogP contribution is 2.04. The Morgan fingerprint density at radius 3 is 2.19 bits per heavy atom. The normalized spacial score (nSPS) is 11.6. The summed E-state index contributed by atoms with van der Waals surface area (Å²) < 4.78 is 9.33. The molecule has 0 aromatic carbocycles. The van der Waals surface area contributed by atoms with Gasteiger partial charge in [0.25, 0.3) is 0 Å². The van der Waals surface area contributed by atoms with Crippen molar-refractivity contribution in [1.82, 2.24) is 0 Å². The molecule has 0 saturated heterocycles. The van der Waals surface area contributed by atoms with Crippen LogP contribution >= 0.6 is 0 Å². The maximum atomic E-state index is 11.1. The average molecular weight is 232 g/mol. The van der Waals surface area contributed by atoms with Crippen molar-refractivity contribution >= 4 is 17.9 Å². The van der Waals surface area contributed by atoms with E-state index >= 15 is 0 Å². The molecular weight excluding hydrogens is 216 g/mol. The number of carboxylic acid groups (broad SMARTS) is 1. The van der Waals surface area contributed by atoms with Crippen molar-refractivity contribution in [1.29, 1.82) is 0 Å². The highest BCUT2D eigenvalue weighted by Gasteiger charge is 2.11. The Hall–Kier alpha value is -1.59. The van der Waals surface area contributed by atoms with Crippen LogP contribution in [0.1, 0.15) is 39.5 Å². The van der Waals surface area contributed by atoms with Gasteiger partial charge in [-0.1, -0.05) is 0 Å². The van der Waals surface area contributed by atoms with Crippen LogP contribution in [0.2, 0.25) is 0 Å². The van der Waals surface area contributed by atoms with E-state index in [9.17, 15) is 14.4 Å². The first-order valence-electron chi connectivity index (χ1n) is 5.00. The molecule has 0 aromatic heterocycles. The highest BCUT2D eigenvalue weighted by molar-refractivity contribution is 5.70. The zero-order valence-corrected chi connectivity index (χ0v) is 9.39. The number of carbonyl (C=O) groups excluding carboxylic acids is 2. The zero-order chi connectivity index (χ0) is 12.6. The predicted molar refractivity (Wildman–Crippen MR) is 53.4 cm³/mol. The minimum Gasteiger partial charge on any atom is -0.481 e. The maximum Gasteiger partial charge on any atom is 0.308 e. The molecule has 0 spiro atoms. The summed E-state index contributed by atoms with van der Waals surface area (Å²) in [5.41, 5.74) is 0. The zero-order valence-electron chi connectivity index (χ0n) is 9.39. The van der Waals surface area contributed by atoms with Gasteiger partial charge in [0.2, 0.25) is 6.29 Å². The van der Waals surface area contributed by atoms with Crippen LogP contribution < -0.4 is 0 Å². The van der Waals surface area contributed by atoms with Gasteiger partial charge in [-0.05, 0) is 12.8 Å². The van der Waals surface area contributed by atoms with Gasteiger partial charge in [-0.25, -0.2) is 0 Å². The number of unbranched alkanes of at least 4 members (excludes halogenated alkanes) is 1. The summed E-state index contributed by atoms with van der Waals surface area (Å²) in [7, 11) is 0. The molecule has 16 heavy (non-hydrogen) atoms. The summed E-state index contributed by atoms with van der Waals surface area (Å²) in [5, 5.41) is 8.35. The first-order valence-corrected chi connectivity index (χ1v) is 5.00. The van der Waals surface area contributed by atoms with Crippen molar-refractivity contribution in [2.24, 2.45) is 0 Å². The molecule has 1 atom stereocenters. The average Bonchev–Trinajstić information content (AvgIpc) is 2.10. The predicted octanol–water partition coefficient (Wildman–Crippen LogP) is 1.08. The van der Waals surface area contributed by atoms with E-state index in [1.165, 1.54) is 13.8 Å². The van der Waals surface area contributed by atoms with Gasteiger partial charge < -0.3 is 14.6 Å². The van der Waals surface area contributed by atoms with Crippen molar-refractivity contribution in [3.63, 3.8) is 0 Å². The summed E-state index contributed by atoms with van der Waals surface area (Å²) in [6.07, 6.45) is 0.125. The molecular formula is C10H16O6. The van der Waals surface area contributed by atoms with E-state index < -0.39 is 24.2 Å². The van der Waals surface area contributed by atoms with Gasteiger partial charge in [0.15, 0.2) is 0 Å². The lowest BCUT2D eigenvalue weighted by atomic mass is 10.2. The van der Waals surface area contributed by atoms with Crippen LogP contribution in [0.25, 0.3) is 0 Å². The van der Waals surface area contributed by atoms with Crippen LogP contribution in [0.5, 0.6) is 0 Å². The molecule has 0 aliphatic rings. The number of hydrogen-bond donors (Lipinski definition) is 1. The van der Waals surface area contributed by atoms with E-state index in [1.54, 1.807) is 0 Å². The fourth-order valence-corrected chi connectivity index (χ4v) is 1.05. The Labute approximate surface area is 93.5 Å². The second-order valence-corrected chi connectivity index (χ2v) is 3.27. The van der Waals surface area contributed by atoms with Gasteiger partial charge in [-0.3, -0.25) is 14.4 Å². The van der Waals surface area contributed by atoms with Crippen molar-refractivity contribution < 1.29 is 29.0 Å². The van der Waals surface area contributed by atoms with Gasteiger partial charge in [0.1, 0.15) is 0 Å². The van der Waals surface area contributed by atoms with E-state index in [4.69, 9.17) is 9.84 Å². The lowest BCUT2D eigenvalue weighted by Gasteiger charge is -2.12. The first-order chi connectivity index (χ1) is 7.41. The number of ether oxygens (including phenoxy) is 2. The van der Waals surface area contributed by atoms with E-state index in [0.717, 1.165) is 0 Å². The monoisotopic (exact) mass is 232 g/mol. The number of carbonyl (C=O) groups is 3. The van der Waals surface area contributed by atoms with Crippen LogP contribution in [0.3, 0.4) is 0 Å².